The fourth-order valence-corrected chi connectivity index (χ4v) is 1.59. The summed E-state index contributed by atoms with van der Waals surface area (Å²) in [6.07, 6.45) is -0.660. The largest absolute Gasteiger partial charge is 0.479 e. The molecule has 0 aromatic carbocycles. The van der Waals surface area contributed by atoms with Gasteiger partial charge in [-0.1, -0.05) is 13.8 Å². The van der Waals surface area contributed by atoms with Crippen LogP contribution in [0.3, 0.4) is 0 Å². The van der Waals surface area contributed by atoms with Gasteiger partial charge >= 0.3 is 5.97 Å². The second-order valence-corrected chi connectivity index (χ2v) is 4.65. The third-order valence-electron chi connectivity index (χ3n) is 2.96. The van der Waals surface area contributed by atoms with Crippen LogP contribution in [-0.2, 0) is 14.3 Å². The summed E-state index contributed by atoms with van der Waals surface area (Å²) in [6.45, 7) is 4.72. The predicted octanol–water partition coefficient (Wildman–Crippen LogP) is -0.328. The minimum atomic E-state index is -1.03. The molecule has 1 saturated heterocycles. The molecule has 1 aliphatic rings. The summed E-state index contributed by atoms with van der Waals surface area (Å²) in [6, 6.07) is -0.186. The Hall–Kier alpha value is -1.14. The molecule has 0 radical (unpaired) electrons. The maximum Gasteiger partial charge on any atom is 0.334 e. The second kappa shape index (κ2) is 5.97. The highest BCUT2D eigenvalue weighted by Crippen LogP contribution is 2.10. The fraction of sp³-hybridized carbons (Fsp3) is 0.818. The molecule has 2 unspecified atom stereocenters. The van der Waals surface area contributed by atoms with Crippen LogP contribution in [0.2, 0.25) is 0 Å². The predicted molar refractivity (Wildman–Crippen MR) is 61.4 cm³/mol. The average molecular weight is 244 g/mol. The topological polar surface area (TPSA) is 92.9 Å². The first-order chi connectivity index (χ1) is 7.91. The Balaban J connectivity index is 2.49. The lowest BCUT2D eigenvalue weighted by Gasteiger charge is -2.32. The Morgan fingerprint density at radius 2 is 2.18 bits per heavy atom. The van der Waals surface area contributed by atoms with Gasteiger partial charge in [-0.25, -0.2) is 4.79 Å². The van der Waals surface area contributed by atoms with Crippen LogP contribution in [0.1, 0.15) is 20.3 Å². The lowest BCUT2D eigenvalue weighted by molar-refractivity contribution is -0.159. The summed E-state index contributed by atoms with van der Waals surface area (Å²) < 4.78 is 5.05. The molecule has 1 rings (SSSR count). The Morgan fingerprint density at radius 3 is 2.71 bits per heavy atom. The van der Waals surface area contributed by atoms with Gasteiger partial charge in [-0.15, -0.1) is 0 Å². The molecule has 0 aromatic heterocycles. The van der Waals surface area contributed by atoms with Crippen molar-refractivity contribution in [2.45, 2.75) is 32.4 Å². The summed E-state index contributed by atoms with van der Waals surface area (Å²) in [7, 11) is 0. The Kier molecular flexibility index (Phi) is 4.89. The van der Waals surface area contributed by atoms with Crippen LogP contribution in [0.15, 0.2) is 0 Å². The number of rotatable bonds is 4. The molecule has 1 fully saturated rings. The Labute approximate surface area is 101 Å². The number of nitrogens with two attached hydrogens (primary N) is 1. The maximum absolute atomic E-state index is 11.9. The summed E-state index contributed by atoms with van der Waals surface area (Å²) in [4.78, 5) is 24.2. The zero-order valence-electron chi connectivity index (χ0n) is 10.3. The molecule has 17 heavy (non-hydrogen) atoms. The highest BCUT2D eigenvalue weighted by Gasteiger charge is 2.29. The normalized spacial score (nSPS) is 22.6. The van der Waals surface area contributed by atoms with Crippen LogP contribution in [0.5, 0.6) is 0 Å². The van der Waals surface area contributed by atoms with Crippen molar-refractivity contribution in [3.63, 3.8) is 0 Å². The van der Waals surface area contributed by atoms with E-state index < -0.39 is 12.1 Å². The number of hydrogen-bond donors (Lipinski definition) is 2. The van der Waals surface area contributed by atoms with Crippen molar-refractivity contribution in [1.29, 1.82) is 0 Å². The molecule has 2 atom stereocenters. The molecule has 0 bridgehead atoms. The number of aliphatic carboxylic acids is 1. The van der Waals surface area contributed by atoms with E-state index in [0.29, 0.717) is 6.54 Å². The van der Waals surface area contributed by atoms with Crippen molar-refractivity contribution < 1.29 is 19.4 Å². The average Bonchev–Trinajstić information content (AvgIpc) is 2.28. The molecular formula is C11H20N2O4. The lowest BCUT2D eigenvalue weighted by atomic mass is 10.0. The monoisotopic (exact) mass is 244 g/mol. The molecule has 3 N–H and O–H groups in total. The van der Waals surface area contributed by atoms with Crippen LogP contribution in [0, 0.1) is 5.92 Å². The zero-order valence-corrected chi connectivity index (χ0v) is 10.3. The number of nitrogens with zero attached hydrogens (tertiary/aromatic N) is 1. The van der Waals surface area contributed by atoms with Gasteiger partial charge < -0.3 is 20.5 Å². The number of carbonyl (C=O) groups excluding carboxylic acids is 1. The molecule has 0 spiro atoms. The van der Waals surface area contributed by atoms with Crippen molar-refractivity contribution in [1.82, 2.24) is 4.90 Å². The molecule has 0 saturated carbocycles. The zero-order chi connectivity index (χ0) is 13.0. The van der Waals surface area contributed by atoms with E-state index >= 15 is 0 Å². The van der Waals surface area contributed by atoms with E-state index in [9.17, 15) is 9.59 Å². The molecule has 6 heteroatoms. The van der Waals surface area contributed by atoms with E-state index in [4.69, 9.17) is 15.6 Å². The van der Waals surface area contributed by atoms with Gasteiger partial charge in [0.05, 0.1) is 13.2 Å². The SMILES string of the molecule is CC(C)C(N)CC(=O)N1CCOC(C(=O)O)C1. The van der Waals surface area contributed by atoms with Crippen molar-refractivity contribution in [2.75, 3.05) is 19.7 Å². The van der Waals surface area contributed by atoms with Gasteiger partial charge in [0.2, 0.25) is 5.91 Å². The Bertz CT molecular complexity index is 293. The van der Waals surface area contributed by atoms with Gasteiger partial charge in [-0.2, -0.15) is 0 Å². The lowest BCUT2D eigenvalue weighted by Crippen LogP contribution is -2.49. The molecule has 0 aliphatic carbocycles. The minimum absolute atomic E-state index is 0.0965. The number of amides is 1. The standard InChI is InChI=1S/C11H20N2O4/c1-7(2)8(12)5-10(14)13-3-4-17-9(6-13)11(15)16/h7-9H,3-6,12H2,1-2H3,(H,15,16). The van der Waals surface area contributed by atoms with E-state index in [1.54, 1.807) is 0 Å². The number of carbonyl (C=O) groups is 2. The summed E-state index contributed by atoms with van der Waals surface area (Å²) in [5.74, 6) is -0.897. The number of morpholine rings is 1. The number of carboxylic acid groups (broad SMARTS) is 1. The van der Waals surface area contributed by atoms with Crippen LogP contribution in [-0.4, -0.2) is 53.7 Å². The molecular weight excluding hydrogens is 224 g/mol. The van der Waals surface area contributed by atoms with Crippen LogP contribution in [0.4, 0.5) is 0 Å². The van der Waals surface area contributed by atoms with Gasteiger partial charge in [0.1, 0.15) is 0 Å². The van der Waals surface area contributed by atoms with Crippen LogP contribution < -0.4 is 5.73 Å². The van der Waals surface area contributed by atoms with Crippen molar-refractivity contribution >= 4 is 11.9 Å². The fourth-order valence-electron chi connectivity index (χ4n) is 1.59. The smallest absolute Gasteiger partial charge is 0.334 e. The quantitative estimate of drug-likeness (QED) is 0.706. The van der Waals surface area contributed by atoms with E-state index in [0.717, 1.165) is 0 Å². The van der Waals surface area contributed by atoms with Gasteiger partial charge in [-0.05, 0) is 5.92 Å². The van der Waals surface area contributed by atoms with Gasteiger partial charge in [0, 0.05) is 19.0 Å². The second-order valence-electron chi connectivity index (χ2n) is 4.65. The molecule has 0 aromatic rings. The van der Waals surface area contributed by atoms with Gasteiger partial charge in [-0.3, -0.25) is 4.79 Å². The summed E-state index contributed by atoms with van der Waals surface area (Å²) in [5, 5.41) is 8.82. The van der Waals surface area contributed by atoms with E-state index in [-0.39, 0.29) is 37.4 Å². The maximum atomic E-state index is 11.9. The van der Waals surface area contributed by atoms with Gasteiger partial charge in [0.25, 0.3) is 0 Å². The first kappa shape index (κ1) is 13.9. The first-order valence-corrected chi connectivity index (χ1v) is 5.79. The van der Waals surface area contributed by atoms with Crippen molar-refractivity contribution in [3.8, 4) is 0 Å². The van der Waals surface area contributed by atoms with Gasteiger partial charge in [0.15, 0.2) is 6.10 Å². The molecule has 98 valence electrons. The van der Waals surface area contributed by atoms with Crippen molar-refractivity contribution in [3.05, 3.63) is 0 Å². The van der Waals surface area contributed by atoms with Crippen LogP contribution >= 0.6 is 0 Å². The molecule has 1 heterocycles. The minimum Gasteiger partial charge on any atom is -0.479 e. The number of hydrogen-bond acceptors (Lipinski definition) is 4. The third kappa shape index (κ3) is 3.98. The van der Waals surface area contributed by atoms with Crippen LogP contribution in [0.25, 0.3) is 0 Å². The highest BCUT2D eigenvalue weighted by atomic mass is 16.5. The summed E-state index contributed by atoms with van der Waals surface area (Å²) >= 11 is 0. The Morgan fingerprint density at radius 1 is 1.53 bits per heavy atom. The highest BCUT2D eigenvalue weighted by molar-refractivity contribution is 5.79. The van der Waals surface area contributed by atoms with E-state index in [1.807, 2.05) is 13.8 Å². The molecule has 1 amide bonds. The summed E-state index contributed by atoms with van der Waals surface area (Å²) in [5.41, 5.74) is 5.82. The van der Waals surface area contributed by atoms with E-state index in [2.05, 4.69) is 0 Å². The van der Waals surface area contributed by atoms with E-state index in [1.165, 1.54) is 4.90 Å². The molecule has 1 aliphatic heterocycles. The third-order valence-corrected chi connectivity index (χ3v) is 2.96. The number of carboxylic acids is 1. The van der Waals surface area contributed by atoms with Crippen molar-refractivity contribution in [2.24, 2.45) is 11.7 Å². The number of ether oxygens (including phenoxy) is 1. The first-order valence-electron chi connectivity index (χ1n) is 5.79. The molecule has 6 nitrogen and oxygen atoms in total.